The van der Waals surface area contributed by atoms with Crippen LogP contribution in [-0.4, -0.2) is 16.8 Å². The lowest BCUT2D eigenvalue weighted by Gasteiger charge is -2.30. The first-order chi connectivity index (χ1) is 8.40. The SMILES string of the molecule is Cc1c2c(c(Cl)c(O)c1C(C)(C)CO)CCCC2. The molecule has 0 radical (unpaired) electrons. The summed E-state index contributed by atoms with van der Waals surface area (Å²) in [7, 11) is 0. The third-order valence-corrected chi connectivity index (χ3v) is 4.48. The standard InChI is InChI=1S/C15H21ClO2/c1-9-10-6-4-5-7-11(10)13(16)14(18)12(9)15(2,3)8-17/h17-18H,4-8H2,1-3H3. The predicted molar refractivity (Wildman–Crippen MR) is 74.6 cm³/mol. The van der Waals surface area contributed by atoms with Gasteiger partial charge in [0.25, 0.3) is 0 Å². The van der Waals surface area contributed by atoms with E-state index in [4.69, 9.17) is 11.6 Å². The fourth-order valence-electron chi connectivity index (χ4n) is 3.05. The van der Waals surface area contributed by atoms with Crippen molar-refractivity contribution in [1.29, 1.82) is 0 Å². The Morgan fingerprint density at radius 3 is 2.28 bits per heavy atom. The van der Waals surface area contributed by atoms with Crippen LogP contribution in [0.25, 0.3) is 0 Å². The van der Waals surface area contributed by atoms with Gasteiger partial charge in [0, 0.05) is 11.0 Å². The minimum absolute atomic E-state index is 0.00346. The number of hydrogen-bond acceptors (Lipinski definition) is 2. The lowest BCUT2D eigenvalue weighted by atomic mass is 9.77. The van der Waals surface area contributed by atoms with Crippen LogP contribution in [0, 0.1) is 6.92 Å². The molecule has 0 saturated carbocycles. The molecule has 0 aliphatic heterocycles. The lowest BCUT2D eigenvalue weighted by molar-refractivity contribution is 0.214. The highest BCUT2D eigenvalue weighted by molar-refractivity contribution is 6.33. The van der Waals surface area contributed by atoms with E-state index in [1.54, 1.807) is 0 Å². The Balaban J connectivity index is 2.72. The molecule has 1 aromatic carbocycles. The molecule has 100 valence electrons. The Kier molecular flexibility index (Phi) is 3.61. The summed E-state index contributed by atoms with van der Waals surface area (Å²) in [5, 5.41) is 20.4. The second-order valence-electron chi connectivity index (χ2n) is 5.87. The Morgan fingerprint density at radius 1 is 1.17 bits per heavy atom. The molecule has 0 amide bonds. The molecule has 0 atom stereocenters. The molecule has 3 heteroatoms. The van der Waals surface area contributed by atoms with Gasteiger partial charge in [0.05, 0.1) is 11.6 Å². The second kappa shape index (κ2) is 4.75. The van der Waals surface area contributed by atoms with E-state index in [-0.39, 0.29) is 12.4 Å². The molecule has 2 N–H and O–H groups in total. The minimum Gasteiger partial charge on any atom is -0.506 e. The van der Waals surface area contributed by atoms with Crippen molar-refractivity contribution in [3.63, 3.8) is 0 Å². The number of fused-ring (bicyclic) bond motifs is 1. The number of phenolic OH excluding ortho intramolecular Hbond substituents is 1. The van der Waals surface area contributed by atoms with Gasteiger partial charge in [0.2, 0.25) is 0 Å². The zero-order valence-electron chi connectivity index (χ0n) is 11.3. The van der Waals surface area contributed by atoms with E-state index in [1.165, 1.54) is 12.0 Å². The average molecular weight is 269 g/mol. The number of hydrogen-bond donors (Lipinski definition) is 2. The Morgan fingerprint density at radius 2 is 1.72 bits per heavy atom. The van der Waals surface area contributed by atoms with Gasteiger partial charge >= 0.3 is 0 Å². The second-order valence-corrected chi connectivity index (χ2v) is 6.25. The first-order valence-electron chi connectivity index (χ1n) is 6.54. The van der Waals surface area contributed by atoms with Crippen LogP contribution in [0.4, 0.5) is 0 Å². The van der Waals surface area contributed by atoms with Crippen molar-refractivity contribution >= 4 is 11.6 Å². The van der Waals surface area contributed by atoms with E-state index >= 15 is 0 Å². The third-order valence-electron chi connectivity index (χ3n) is 4.08. The van der Waals surface area contributed by atoms with Crippen LogP contribution in [0.15, 0.2) is 0 Å². The maximum atomic E-state index is 10.4. The Labute approximate surface area is 114 Å². The molecule has 1 aliphatic rings. The Bertz CT molecular complexity index is 478. The van der Waals surface area contributed by atoms with Gasteiger partial charge < -0.3 is 10.2 Å². The normalized spacial score (nSPS) is 15.6. The minimum atomic E-state index is -0.468. The zero-order valence-corrected chi connectivity index (χ0v) is 12.1. The van der Waals surface area contributed by atoms with Crippen molar-refractivity contribution in [2.24, 2.45) is 0 Å². The Hall–Kier alpha value is -0.730. The van der Waals surface area contributed by atoms with Crippen LogP contribution in [0.1, 0.15) is 48.9 Å². The number of phenols is 1. The smallest absolute Gasteiger partial charge is 0.138 e. The van der Waals surface area contributed by atoms with Gasteiger partial charge in [-0.1, -0.05) is 25.4 Å². The molecule has 2 nitrogen and oxygen atoms in total. The number of rotatable bonds is 2. The molecule has 0 bridgehead atoms. The van der Waals surface area contributed by atoms with Crippen molar-refractivity contribution in [3.05, 3.63) is 27.3 Å². The van der Waals surface area contributed by atoms with Gasteiger partial charge in [-0.2, -0.15) is 0 Å². The topological polar surface area (TPSA) is 40.5 Å². The number of aliphatic hydroxyl groups is 1. The molecular formula is C15H21ClO2. The highest BCUT2D eigenvalue weighted by Gasteiger charge is 2.30. The summed E-state index contributed by atoms with van der Waals surface area (Å²) in [6.07, 6.45) is 4.28. The van der Waals surface area contributed by atoms with Gasteiger partial charge in [-0.25, -0.2) is 0 Å². The van der Waals surface area contributed by atoms with Crippen molar-refractivity contribution in [1.82, 2.24) is 0 Å². The van der Waals surface area contributed by atoms with Gasteiger partial charge in [0.1, 0.15) is 5.75 Å². The van der Waals surface area contributed by atoms with E-state index in [1.807, 2.05) is 20.8 Å². The van der Waals surface area contributed by atoms with Crippen LogP contribution in [-0.2, 0) is 18.3 Å². The summed E-state index contributed by atoms with van der Waals surface area (Å²) in [4.78, 5) is 0. The summed E-state index contributed by atoms with van der Waals surface area (Å²) in [5.41, 5.74) is 3.82. The molecule has 0 spiro atoms. The van der Waals surface area contributed by atoms with E-state index < -0.39 is 5.41 Å². The maximum absolute atomic E-state index is 10.4. The zero-order chi connectivity index (χ0) is 13.5. The summed E-state index contributed by atoms with van der Waals surface area (Å²) in [5.74, 6) is 0.161. The number of aliphatic hydroxyl groups excluding tert-OH is 1. The quantitative estimate of drug-likeness (QED) is 0.862. The molecule has 0 aromatic heterocycles. The molecule has 0 heterocycles. The van der Waals surface area contributed by atoms with E-state index in [0.29, 0.717) is 5.02 Å². The van der Waals surface area contributed by atoms with Crippen molar-refractivity contribution in [3.8, 4) is 5.75 Å². The van der Waals surface area contributed by atoms with E-state index in [0.717, 1.165) is 36.0 Å². The van der Waals surface area contributed by atoms with Crippen LogP contribution in [0.2, 0.25) is 5.02 Å². The highest BCUT2D eigenvalue weighted by Crippen LogP contribution is 2.44. The summed E-state index contributed by atoms with van der Waals surface area (Å²) in [6, 6.07) is 0. The van der Waals surface area contributed by atoms with Crippen molar-refractivity contribution in [2.75, 3.05) is 6.61 Å². The molecule has 2 rings (SSSR count). The lowest BCUT2D eigenvalue weighted by Crippen LogP contribution is -2.25. The molecule has 0 unspecified atom stereocenters. The van der Waals surface area contributed by atoms with Gasteiger partial charge in [-0.15, -0.1) is 0 Å². The van der Waals surface area contributed by atoms with E-state index in [9.17, 15) is 10.2 Å². The summed E-state index contributed by atoms with van der Waals surface area (Å²) < 4.78 is 0. The molecule has 0 saturated heterocycles. The van der Waals surface area contributed by atoms with Crippen molar-refractivity contribution < 1.29 is 10.2 Å². The van der Waals surface area contributed by atoms with E-state index in [2.05, 4.69) is 0 Å². The predicted octanol–water partition coefficient (Wildman–Crippen LogP) is 3.50. The van der Waals surface area contributed by atoms with Crippen LogP contribution >= 0.6 is 11.6 Å². The maximum Gasteiger partial charge on any atom is 0.138 e. The first-order valence-corrected chi connectivity index (χ1v) is 6.92. The molecule has 0 fully saturated rings. The van der Waals surface area contributed by atoms with Crippen LogP contribution < -0.4 is 0 Å². The number of halogens is 1. The monoisotopic (exact) mass is 268 g/mol. The first kappa shape index (κ1) is 13.7. The molecule has 1 aromatic rings. The summed E-state index contributed by atoms with van der Waals surface area (Å²) >= 11 is 6.32. The van der Waals surface area contributed by atoms with Gasteiger partial charge in [0.15, 0.2) is 0 Å². The number of aromatic hydroxyl groups is 1. The average Bonchev–Trinajstić information content (AvgIpc) is 2.36. The van der Waals surface area contributed by atoms with Gasteiger partial charge in [-0.05, 0) is 49.3 Å². The fourth-order valence-corrected chi connectivity index (χ4v) is 3.35. The largest absolute Gasteiger partial charge is 0.506 e. The van der Waals surface area contributed by atoms with Gasteiger partial charge in [-0.3, -0.25) is 0 Å². The molecular weight excluding hydrogens is 248 g/mol. The molecule has 18 heavy (non-hydrogen) atoms. The molecule has 1 aliphatic carbocycles. The van der Waals surface area contributed by atoms with Crippen LogP contribution in [0.5, 0.6) is 5.75 Å². The summed E-state index contributed by atoms with van der Waals surface area (Å²) in [6.45, 7) is 5.89. The highest BCUT2D eigenvalue weighted by atomic mass is 35.5. The van der Waals surface area contributed by atoms with Crippen LogP contribution in [0.3, 0.4) is 0 Å². The number of benzene rings is 1. The third kappa shape index (κ3) is 2.02. The fraction of sp³-hybridized carbons (Fsp3) is 0.600. The van der Waals surface area contributed by atoms with Crippen molar-refractivity contribution in [2.45, 2.75) is 51.9 Å².